The Kier molecular flexibility index (Phi) is 4.76. The molecule has 128 valence electrons. The zero-order valence-electron chi connectivity index (χ0n) is 14.2. The predicted octanol–water partition coefficient (Wildman–Crippen LogP) is 2.93. The third-order valence-corrected chi connectivity index (χ3v) is 4.52. The van der Waals surface area contributed by atoms with Gasteiger partial charge in [0.05, 0.1) is 11.4 Å². The van der Waals surface area contributed by atoms with Crippen LogP contribution in [0.4, 0.5) is 5.00 Å². The third-order valence-electron chi connectivity index (χ3n) is 3.72. The van der Waals surface area contributed by atoms with Gasteiger partial charge in [0, 0.05) is 11.6 Å². The van der Waals surface area contributed by atoms with Gasteiger partial charge in [-0.2, -0.15) is 9.47 Å². The lowest BCUT2D eigenvalue weighted by Crippen LogP contribution is -2.29. The van der Waals surface area contributed by atoms with E-state index >= 15 is 0 Å². The molecule has 0 radical (unpaired) electrons. The number of aromatic nitrogens is 3. The zero-order chi connectivity index (χ0) is 18.0. The first-order valence-electron chi connectivity index (χ1n) is 7.81. The van der Waals surface area contributed by atoms with Crippen molar-refractivity contribution >= 4 is 22.4 Å². The lowest BCUT2D eigenvalue weighted by atomic mass is 10.0. The molecule has 0 bridgehead atoms. The maximum absolute atomic E-state index is 12.2. The van der Waals surface area contributed by atoms with E-state index in [2.05, 4.69) is 14.8 Å². The largest absolute Gasteiger partial charge is 0.315 e. The Hall–Kier alpha value is -2.80. The van der Waals surface area contributed by atoms with E-state index in [0.717, 1.165) is 22.4 Å². The molecule has 2 aromatic heterocycles. The van der Waals surface area contributed by atoms with Crippen molar-refractivity contribution in [1.82, 2.24) is 14.2 Å². The summed E-state index contributed by atoms with van der Waals surface area (Å²) >= 11 is 1.21. The van der Waals surface area contributed by atoms with Crippen LogP contribution in [0.2, 0.25) is 0 Å². The molecular formula is C18H18N4O2S. The van der Waals surface area contributed by atoms with Crippen molar-refractivity contribution in [3.05, 3.63) is 63.6 Å². The normalized spacial score (nSPS) is 10.7. The number of hydrogen-bond donors (Lipinski definition) is 1. The quantitative estimate of drug-likeness (QED) is 0.781. The number of nitrogens with zero attached hydrogens (tertiary/aromatic N) is 3. The smallest absolute Gasteiger partial charge is 0.267 e. The van der Waals surface area contributed by atoms with Gasteiger partial charge in [-0.15, -0.1) is 0 Å². The molecule has 0 saturated heterocycles. The minimum absolute atomic E-state index is 0.144. The molecule has 0 fully saturated rings. The number of benzene rings is 1. The lowest BCUT2D eigenvalue weighted by molar-refractivity contribution is -0.116. The maximum Gasteiger partial charge on any atom is 0.267 e. The van der Waals surface area contributed by atoms with Crippen molar-refractivity contribution in [1.29, 1.82) is 0 Å². The van der Waals surface area contributed by atoms with Gasteiger partial charge in [0.15, 0.2) is 0 Å². The van der Waals surface area contributed by atoms with Crippen LogP contribution in [0.15, 0.2) is 41.2 Å². The van der Waals surface area contributed by atoms with Gasteiger partial charge in [-0.25, -0.2) is 4.68 Å². The Labute approximate surface area is 149 Å². The van der Waals surface area contributed by atoms with Crippen LogP contribution in [0.1, 0.15) is 16.8 Å². The average Bonchev–Trinajstić information content (AvgIpc) is 2.97. The van der Waals surface area contributed by atoms with Gasteiger partial charge in [-0.1, -0.05) is 17.7 Å². The first kappa shape index (κ1) is 17.0. The summed E-state index contributed by atoms with van der Waals surface area (Å²) in [6.45, 7) is 5.70. The fraction of sp³-hybridized carbons (Fsp3) is 0.222. The standard InChI is InChI=1S/C18H18N4O2S/c1-11-4-5-12(2)14(8-11)15-6-7-18(24)22(20-15)10-16(23)19-17-9-13(3)21-25-17/h4-9H,10H2,1-3H3,(H,19,23). The topological polar surface area (TPSA) is 76.9 Å². The Balaban J connectivity index is 1.85. The SMILES string of the molecule is Cc1ccc(C)c(-c2ccc(=O)n(CC(=O)Nc3cc(C)ns3)n2)c1. The summed E-state index contributed by atoms with van der Waals surface area (Å²) in [5, 5.41) is 7.75. The molecule has 0 aliphatic rings. The van der Waals surface area contributed by atoms with Crippen molar-refractivity contribution < 1.29 is 4.79 Å². The number of amides is 1. The molecule has 0 saturated carbocycles. The summed E-state index contributed by atoms with van der Waals surface area (Å²) in [4.78, 5) is 24.2. The van der Waals surface area contributed by atoms with E-state index in [4.69, 9.17) is 0 Å². The highest BCUT2D eigenvalue weighted by molar-refractivity contribution is 7.10. The van der Waals surface area contributed by atoms with E-state index < -0.39 is 0 Å². The second-order valence-corrected chi connectivity index (χ2v) is 6.72. The van der Waals surface area contributed by atoms with Crippen LogP contribution >= 0.6 is 11.5 Å². The summed E-state index contributed by atoms with van der Waals surface area (Å²) < 4.78 is 5.29. The lowest BCUT2D eigenvalue weighted by Gasteiger charge is -2.09. The van der Waals surface area contributed by atoms with Gasteiger partial charge in [-0.3, -0.25) is 9.59 Å². The summed E-state index contributed by atoms with van der Waals surface area (Å²) in [7, 11) is 0. The fourth-order valence-corrected chi connectivity index (χ4v) is 3.13. The highest BCUT2D eigenvalue weighted by Crippen LogP contribution is 2.21. The number of rotatable bonds is 4. The van der Waals surface area contributed by atoms with E-state index in [-0.39, 0.29) is 18.0 Å². The highest BCUT2D eigenvalue weighted by atomic mass is 32.1. The molecule has 1 amide bonds. The first-order valence-corrected chi connectivity index (χ1v) is 8.59. The van der Waals surface area contributed by atoms with E-state index in [0.29, 0.717) is 10.7 Å². The molecule has 1 aromatic carbocycles. The van der Waals surface area contributed by atoms with Gasteiger partial charge in [0.1, 0.15) is 11.5 Å². The zero-order valence-corrected chi connectivity index (χ0v) is 15.1. The fourth-order valence-electron chi connectivity index (χ4n) is 2.45. The minimum Gasteiger partial charge on any atom is -0.315 e. The van der Waals surface area contributed by atoms with Crippen molar-refractivity contribution in [3.8, 4) is 11.3 Å². The predicted molar refractivity (Wildman–Crippen MR) is 98.9 cm³/mol. The Bertz CT molecular complexity index is 991. The molecular weight excluding hydrogens is 336 g/mol. The van der Waals surface area contributed by atoms with Crippen molar-refractivity contribution in [2.24, 2.45) is 0 Å². The highest BCUT2D eigenvalue weighted by Gasteiger charge is 2.11. The van der Waals surface area contributed by atoms with Crippen LogP contribution in [0.3, 0.4) is 0 Å². The molecule has 0 spiro atoms. The van der Waals surface area contributed by atoms with Crippen LogP contribution in [-0.2, 0) is 11.3 Å². The Morgan fingerprint density at radius 1 is 1.16 bits per heavy atom. The van der Waals surface area contributed by atoms with E-state index in [9.17, 15) is 9.59 Å². The first-order chi connectivity index (χ1) is 11.9. The molecule has 6 nitrogen and oxygen atoms in total. The molecule has 0 atom stereocenters. The molecule has 0 unspecified atom stereocenters. The molecule has 2 heterocycles. The monoisotopic (exact) mass is 354 g/mol. The Morgan fingerprint density at radius 2 is 1.96 bits per heavy atom. The molecule has 1 N–H and O–H groups in total. The number of carbonyl (C=O) groups excluding carboxylic acids is 1. The summed E-state index contributed by atoms with van der Waals surface area (Å²) in [5.74, 6) is -0.309. The number of aryl methyl sites for hydroxylation is 3. The minimum atomic E-state index is -0.315. The number of hydrogen-bond acceptors (Lipinski definition) is 5. The summed E-state index contributed by atoms with van der Waals surface area (Å²) in [6.07, 6.45) is 0. The maximum atomic E-state index is 12.2. The van der Waals surface area contributed by atoms with Gasteiger partial charge < -0.3 is 5.32 Å². The van der Waals surface area contributed by atoms with Crippen LogP contribution in [-0.4, -0.2) is 20.1 Å². The summed E-state index contributed by atoms with van der Waals surface area (Å²) in [6, 6.07) is 11.0. The second-order valence-electron chi connectivity index (χ2n) is 5.91. The number of nitrogens with one attached hydrogen (secondary N) is 1. The van der Waals surface area contributed by atoms with Gasteiger partial charge in [-0.05, 0) is 56.1 Å². The second kappa shape index (κ2) is 6.98. The van der Waals surface area contributed by atoms with E-state index in [1.807, 2.05) is 39.0 Å². The molecule has 0 aliphatic heterocycles. The number of anilines is 1. The van der Waals surface area contributed by atoms with Crippen LogP contribution in [0, 0.1) is 20.8 Å². The van der Waals surface area contributed by atoms with Crippen LogP contribution in [0.25, 0.3) is 11.3 Å². The third kappa shape index (κ3) is 4.00. The average molecular weight is 354 g/mol. The molecule has 25 heavy (non-hydrogen) atoms. The van der Waals surface area contributed by atoms with Crippen molar-refractivity contribution in [2.75, 3.05) is 5.32 Å². The Morgan fingerprint density at radius 3 is 2.68 bits per heavy atom. The van der Waals surface area contributed by atoms with Gasteiger partial charge in [0.2, 0.25) is 5.91 Å². The van der Waals surface area contributed by atoms with E-state index in [1.54, 1.807) is 12.1 Å². The number of carbonyl (C=O) groups is 1. The molecule has 7 heteroatoms. The van der Waals surface area contributed by atoms with Crippen molar-refractivity contribution in [2.45, 2.75) is 27.3 Å². The molecule has 3 aromatic rings. The van der Waals surface area contributed by atoms with Crippen molar-refractivity contribution in [3.63, 3.8) is 0 Å². The molecule has 3 rings (SSSR count). The van der Waals surface area contributed by atoms with Gasteiger partial charge >= 0.3 is 0 Å². The summed E-state index contributed by atoms with van der Waals surface area (Å²) in [5.41, 5.74) is 4.32. The van der Waals surface area contributed by atoms with Gasteiger partial charge in [0.25, 0.3) is 5.56 Å². The van der Waals surface area contributed by atoms with Crippen LogP contribution in [0.5, 0.6) is 0 Å². The van der Waals surface area contributed by atoms with E-state index in [1.165, 1.54) is 22.3 Å². The molecule has 0 aliphatic carbocycles. The van der Waals surface area contributed by atoms with Crippen LogP contribution < -0.4 is 10.9 Å².